The van der Waals surface area contributed by atoms with Crippen LogP contribution in [0.25, 0.3) is 0 Å². The Morgan fingerprint density at radius 1 is 1.06 bits per heavy atom. The summed E-state index contributed by atoms with van der Waals surface area (Å²) in [6.45, 7) is 23.3. The van der Waals surface area contributed by atoms with Gasteiger partial charge >= 0.3 is 0 Å². The van der Waals surface area contributed by atoms with E-state index in [0.717, 1.165) is 24.2 Å². The molecule has 0 aromatic heterocycles. The second-order valence-electron chi connectivity index (χ2n) is 14.2. The molecule has 0 aromatic carbocycles. The molecule has 0 radical (unpaired) electrons. The number of allylic oxidation sites excluding steroid dienone is 1. The van der Waals surface area contributed by atoms with Crippen LogP contribution in [0.15, 0.2) is 12.7 Å². The van der Waals surface area contributed by atoms with Gasteiger partial charge in [0.15, 0.2) is 8.32 Å². The molecule has 32 heavy (non-hydrogen) atoms. The van der Waals surface area contributed by atoms with Crippen LogP contribution in [-0.2, 0) is 9.22 Å². The van der Waals surface area contributed by atoms with Crippen molar-refractivity contribution in [1.82, 2.24) is 0 Å². The maximum atomic E-state index is 13.2. The number of fused-ring (bicyclic) bond motifs is 5. The van der Waals surface area contributed by atoms with Gasteiger partial charge in [-0.05, 0) is 103 Å². The molecule has 0 heterocycles. The van der Waals surface area contributed by atoms with E-state index in [-0.39, 0.29) is 16.4 Å². The lowest BCUT2D eigenvalue weighted by Gasteiger charge is -2.61. The van der Waals surface area contributed by atoms with Gasteiger partial charge in [0.25, 0.3) is 0 Å². The van der Waals surface area contributed by atoms with Gasteiger partial charge in [-0.3, -0.25) is 4.79 Å². The maximum absolute atomic E-state index is 13.2. The fourth-order valence-electron chi connectivity index (χ4n) is 8.78. The number of hydrogen-bond donors (Lipinski definition) is 0. The van der Waals surface area contributed by atoms with Crippen LogP contribution in [0.5, 0.6) is 0 Å². The van der Waals surface area contributed by atoms with Crippen LogP contribution in [0.4, 0.5) is 0 Å². The summed E-state index contributed by atoms with van der Waals surface area (Å²) < 4.78 is 6.91. The lowest BCUT2D eigenvalue weighted by atomic mass is 9.44. The lowest BCUT2D eigenvalue weighted by molar-refractivity contribution is -0.129. The van der Waals surface area contributed by atoms with Crippen molar-refractivity contribution in [3.05, 3.63) is 12.7 Å². The molecule has 4 aliphatic rings. The monoisotopic (exact) mass is 458 g/mol. The number of rotatable bonds is 4. The average molecular weight is 459 g/mol. The molecule has 4 aliphatic carbocycles. The zero-order chi connectivity index (χ0) is 23.7. The first-order chi connectivity index (χ1) is 14.7. The van der Waals surface area contributed by atoms with Crippen LogP contribution in [0.3, 0.4) is 0 Å². The quantitative estimate of drug-likeness (QED) is 0.315. The van der Waals surface area contributed by atoms with Crippen molar-refractivity contribution in [3.8, 4) is 0 Å². The summed E-state index contributed by atoms with van der Waals surface area (Å²) in [5.74, 6) is 3.99. The third kappa shape index (κ3) is 3.72. The number of ketones is 1. The summed E-state index contributed by atoms with van der Waals surface area (Å²) in [5.41, 5.74) is 0.639. The Labute approximate surface area is 199 Å². The SMILES string of the molecule is C=C[C@@H](C)C1C(=O)C[C@H]2[C@@H]3CCC4C[C@@H](O[Si](C)(C)C(C)(C)C)CC[C@]4(C)[C@H]3CC[C@]12C. The van der Waals surface area contributed by atoms with E-state index in [1.807, 2.05) is 6.08 Å². The van der Waals surface area contributed by atoms with Crippen molar-refractivity contribution < 1.29 is 9.22 Å². The van der Waals surface area contributed by atoms with Crippen LogP contribution in [0, 0.1) is 46.3 Å². The Bertz CT molecular complexity index is 751. The van der Waals surface area contributed by atoms with Gasteiger partial charge in [-0.2, -0.15) is 0 Å². The zero-order valence-corrected chi connectivity index (χ0v) is 23.3. The van der Waals surface area contributed by atoms with Crippen LogP contribution >= 0.6 is 0 Å². The average Bonchev–Trinajstić information content (AvgIpc) is 2.96. The first kappa shape index (κ1) is 24.7. The molecule has 0 spiro atoms. The highest BCUT2D eigenvalue weighted by atomic mass is 28.4. The standard InChI is InChI=1S/C29H50O2Si/c1-10-19(2)26-25(30)18-24-22-12-11-20-17-21(31-32(8,9)27(3,4)5)13-15-28(20,6)23(22)14-16-29(24,26)7/h10,19-24,26H,1,11-18H2,2-9H3/t19-,20?,21+,22-,23+,24+,26?,28+,29+/m1/s1. The lowest BCUT2D eigenvalue weighted by Crippen LogP contribution is -2.55. The minimum Gasteiger partial charge on any atom is -0.414 e. The molecular formula is C29H50O2Si. The van der Waals surface area contributed by atoms with Crippen molar-refractivity contribution in [2.75, 3.05) is 0 Å². The summed E-state index contributed by atoms with van der Waals surface area (Å²) in [6.07, 6.45) is 12.4. The van der Waals surface area contributed by atoms with Gasteiger partial charge in [0.1, 0.15) is 5.78 Å². The molecule has 0 bridgehead atoms. The number of carbonyl (C=O) groups is 1. The fraction of sp³-hybridized carbons (Fsp3) is 0.897. The van der Waals surface area contributed by atoms with Crippen LogP contribution in [0.2, 0.25) is 18.1 Å². The van der Waals surface area contributed by atoms with Gasteiger partial charge in [-0.15, -0.1) is 6.58 Å². The van der Waals surface area contributed by atoms with E-state index in [2.05, 4.69) is 61.2 Å². The fourth-order valence-corrected chi connectivity index (χ4v) is 10.2. The Balaban J connectivity index is 1.51. The van der Waals surface area contributed by atoms with Crippen molar-refractivity contribution in [2.45, 2.75) is 117 Å². The molecule has 0 aliphatic heterocycles. The summed E-state index contributed by atoms with van der Waals surface area (Å²) in [7, 11) is -1.71. The molecule has 4 fully saturated rings. The van der Waals surface area contributed by atoms with Crippen molar-refractivity contribution in [2.24, 2.45) is 46.3 Å². The van der Waals surface area contributed by atoms with Crippen LogP contribution in [-0.4, -0.2) is 20.2 Å². The van der Waals surface area contributed by atoms with Gasteiger partial charge < -0.3 is 4.43 Å². The molecule has 0 N–H and O–H groups in total. The number of hydrogen-bond acceptors (Lipinski definition) is 2. The normalized spacial score (nSPS) is 45.6. The van der Waals surface area contributed by atoms with E-state index in [1.54, 1.807) is 0 Å². The molecule has 0 saturated heterocycles. The van der Waals surface area contributed by atoms with Crippen LogP contribution < -0.4 is 0 Å². The van der Waals surface area contributed by atoms with Crippen LogP contribution in [0.1, 0.15) is 92.9 Å². The summed E-state index contributed by atoms with van der Waals surface area (Å²) in [6, 6.07) is 0. The molecule has 2 nitrogen and oxygen atoms in total. The second kappa shape index (κ2) is 8.07. The highest BCUT2D eigenvalue weighted by molar-refractivity contribution is 6.74. The molecule has 4 saturated carbocycles. The number of carbonyl (C=O) groups excluding carboxylic acids is 1. The summed E-state index contributed by atoms with van der Waals surface area (Å²) in [5, 5.41) is 0.285. The number of Topliss-reactive ketones (excluding diaryl/α,β-unsaturated/α-hetero) is 1. The van der Waals surface area contributed by atoms with Crippen molar-refractivity contribution in [3.63, 3.8) is 0 Å². The van der Waals surface area contributed by atoms with Gasteiger partial charge in [-0.25, -0.2) is 0 Å². The minimum absolute atomic E-state index is 0.192. The summed E-state index contributed by atoms with van der Waals surface area (Å²) >= 11 is 0. The smallest absolute Gasteiger partial charge is 0.192 e. The highest BCUT2D eigenvalue weighted by Gasteiger charge is 2.63. The van der Waals surface area contributed by atoms with E-state index in [4.69, 9.17) is 4.43 Å². The Morgan fingerprint density at radius 3 is 2.34 bits per heavy atom. The van der Waals surface area contributed by atoms with Gasteiger partial charge in [0.2, 0.25) is 0 Å². The van der Waals surface area contributed by atoms with Gasteiger partial charge in [0, 0.05) is 18.4 Å². The van der Waals surface area contributed by atoms with E-state index in [1.165, 1.54) is 44.9 Å². The first-order valence-electron chi connectivity index (χ1n) is 13.6. The van der Waals surface area contributed by atoms with Crippen molar-refractivity contribution in [1.29, 1.82) is 0 Å². The van der Waals surface area contributed by atoms with E-state index < -0.39 is 8.32 Å². The molecule has 2 unspecified atom stereocenters. The van der Waals surface area contributed by atoms with E-state index >= 15 is 0 Å². The maximum Gasteiger partial charge on any atom is 0.192 e. The first-order valence-corrected chi connectivity index (χ1v) is 16.5. The van der Waals surface area contributed by atoms with E-state index in [9.17, 15) is 4.79 Å². The minimum atomic E-state index is -1.71. The van der Waals surface area contributed by atoms with E-state index in [0.29, 0.717) is 29.1 Å². The van der Waals surface area contributed by atoms with Gasteiger partial charge in [0.05, 0.1) is 0 Å². The molecule has 182 valence electrons. The molecule has 4 rings (SSSR count). The largest absolute Gasteiger partial charge is 0.414 e. The molecule has 3 heteroatoms. The van der Waals surface area contributed by atoms with Gasteiger partial charge in [-0.1, -0.05) is 47.6 Å². The third-order valence-electron chi connectivity index (χ3n) is 11.7. The second-order valence-corrected chi connectivity index (χ2v) is 19.0. The zero-order valence-electron chi connectivity index (χ0n) is 22.3. The highest BCUT2D eigenvalue weighted by Crippen LogP contribution is 2.67. The molecule has 0 amide bonds. The Kier molecular flexibility index (Phi) is 6.23. The predicted molar refractivity (Wildman–Crippen MR) is 137 cm³/mol. The predicted octanol–water partition coefficient (Wildman–Crippen LogP) is 8.04. The Hall–Kier alpha value is -0.413. The molecule has 9 atom stereocenters. The molecular weight excluding hydrogens is 408 g/mol. The molecule has 0 aromatic rings. The Morgan fingerprint density at radius 2 is 1.72 bits per heavy atom. The van der Waals surface area contributed by atoms with Crippen molar-refractivity contribution >= 4 is 14.1 Å². The summed E-state index contributed by atoms with van der Waals surface area (Å²) in [4.78, 5) is 13.2. The third-order valence-corrected chi connectivity index (χ3v) is 16.2. The topological polar surface area (TPSA) is 26.3 Å².